The van der Waals surface area contributed by atoms with E-state index in [0.29, 0.717) is 42.2 Å². The van der Waals surface area contributed by atoms with Gasteiger partial charge in [0.1, 0.15) is 42.6 Å². The first kappa shape index (κ1) is 22.2. The summed E-state index contributed by atoms with van der Waals surface area (Å²) in [6, 6.07) is 9.47. The van der Waals surface area contributed by atoms with Gasteiger partial charge in [0.15, 0.2) is 0 Å². The minimum atomic E-state index is -1.46. The van der Waals surface area contributed by atoms with Gasteiger partial charge in [0.05, 0.1) is 18.2 Å². The summed E-state index contributed by atoms with van der Waals surface area (Å²) in [6.07, 6.45) is -3.93. The average Bonchev–Trinajstić information content (AvgIpc) is 3.27. The molecule has 1 saturated heterocycles. The maximum absolute atomic E-state index is 10.7. The highest BCUT2D eigenvalue weighted by Crippen LogP contribution is 2.44. The fraction of sp³-hybridized carbons (Fsp3) is 0.435. The molecular formula is C23H25ClO7. The van der Waals surface area contributed by atoms with Gasteiger partial charge in [0.2, 0.25) is 0 Å². The number of rotatable bonds is 6. The van der Waals surface area contributed by atoms with Crippen molar-refractivity contribution in [1.29, 1.82) is 0 Å². The third-order valence-corrected chi connectivity index (χ3v) is 6.38. The number of aldehydes is 1. The Kier molecular flexibility index (Phi) is 6.62. The van der Waals surface area contributed by atoms with Crippen LogP contribution < -0.4 is 4.74 Å². The molecule has 0 saturated carbocycles. The molecule has 0 spiro atoms. The van der Waals surface area contributed by atoms with E-state index >= 15 is 0 Å². The quantitative estimate of drug-likeness (QED) is 0.489. The number of benzene rings is 2. The van der Waals surface area contributed by atoms with Gasteiger partial charge in [-0.05, 0) is 28.7 Å². The molecule has 166 valence electrons. The van der Waals surface area contributed by atoms with Crippen LogP contribution in [0.2, 0.25) is 5.02 Å². The van der Waals surface area contributed by atoms with Crippen LogP contribution in [0, 0.1) is 0 Å². The van der Waals surface area contributed by atoms with E-state index in [0.717, 1.165) is 28.5 Å². The Morgan fingerprint density at radius 2 is 1.77 bits per heavy atom. The maximum Gasteiger partial charge on any atom is 0.141 e. The lowest BCUT2D eigenvalue weighted by molar-refractivity contribution is -0.231. The first-order chi connectivity index (χ1) is 14.9. The predicted octanol–water partition coefficient (Wildman–Crippen LogP) is 1.12. The number of halogens is 1. The monoisotopic (exact) mass is 448 g/mol. The smallest absolute Gasteiger partial charge is 0.141 e. The first-order valence-electron chi connectivity index (χ1n) is 10.2. The van der Waals surface area contributed by atoms with E-state index in [1.54, 1.807) is 0 Å². The van der Waals surface area contributed by atoms with Gasteiger partial charge in [-0.15, -0.1) is 0 Å². The van der Waals surface area contributed by atoms with Crippen molar-refractivity contribution < 1.29 is 34.7 Å². The largest absolute Gasteiger partial charge is 0.491 e. The Morgan fingerprint density at radius 1 is 1.06 bits per heavy atom. The highest BCUT2D eigenvalue weighted by molar-refractivity contribution is 6.33. The highest BCUT2D eigenvalue weighted by atomic mass is 35.5. The molecule has 0 unspecified atom stereocenters. The molecule has 0 aliphatic carbocycles. The maximum atomic E-state index is 10.7. The Labute approximate surface area is 184 Å². The number of hydrogen-bond acceptors (Lipinski definition) is 7. The molecule has 2 aromatic rings. The zero-order valence-electron chi connectivity index (χ0n) is 16.8. The van der Waals surface area contributed by atoms with E-state index in [1.165, 1.54) is 0 Å². The summed E-state index contributed by atoms with van der Waals surface area (Å²) in [4.78, 5) is 10.7. The van der Waals surface area contributed by atoms with Gasteiger partial charge in [-0.2, -0.15) is 0 Å². The van der Waals surface area contributed by atoms with Crippen molar-refractivity contribution in [3.05, 3.63) is 63.2 Å². The Morgan fingerprint density at radius 3 is 2.45 bits per heavy atom. The minimum absolute atomic E-state index is 0.356. The van der Waals surface area contributed by atoms with Crippen molar-refractivity contribution in [2.24, 2.45) is 0 Å². The average molecular weight is 449 g/mol. The molecule has 0 bridgehead atoms. The van der Waals surface area contributed by atoms with Gasteiger partial charge in [-0.1, -0.05) is 41.9 Å². The summed E-state index contributed by atoms with van der Waals surface area (Å²) < 4.78 is 11.5. The summed E-state index contributed by atoms with van der Waals surface area (Å²) in [6.45, 7) is -0.0585. The van der Waals surface area contributed by atoms with Crippen molar-refractivity contribution in [3.63, 3.8) is 0 Å². The SMILES string of the molecule is O=CCc1ccc(Cc2cc([C@@H]3O[C@H](CO)[C@@H](O)[C@H](O)[C@@H]3O)c3c(c2Cl)OCC3)cc1. The van der Waals surface area contributed by atoms with Crippen molar-refractivity contribution >= 4 is 17.9 Å². The second kappa shape index (κ2) is 9.24. The standard InChI is InChI=1S/C23H25ClO7/c24-18-14(9-13-3-1-12(2-4-13)5-7-25)10-16(15-6-8-30-22(15)18)23-21(29)20(28)19(27)17(11-26)31-23/h1-4,7,10,17,19-21,23,26-29H,5-6,8-9,11H2/t17-,19-,20+,21+,23+/m1/s1. The third kappa shape index (κ3) is 4.22. The normalized spacial score (nSPS) is 27.6. The molecule has 0 amide bonds. The number of carbonyl (C=O) groups excluding carboxylic acids is 1. The fourth-order valence-electron chi connectivity index (χ4n) is 4.26. The summed E-state index contributed by atoms with van der Waals surface area (Å²) in [7, 11) is 0. The number of ether oxygens (including phenoxy) is 2. The molecule has 0 radical (unpaired) electrons. The van der Waals surface area contributed by atoms with E-state index in [-0.39, 0.29) is 0 Å². The number of aliphatic hydroxyl groups is 4. The van der Waals surface area contributed by atoms with Crippen LogP contribution in [0.25, 0.3) is 0 Å². The summed E-state index contributed by atoms with van der Waals surface area (Å²) in [5.74, 6) is 0.531. The molecular weight excluding hydrogens is 424 g/mol. The van der Waals surface area contributed by atoms with E-state index < -0.39 is 37.1 Å². The van der Waals surface area contributed by atoms with Gasteiger partial charge in [-0.25, -0.2) is 0 Å². The van der Waals surface area contributed by atoms with Crippen LogP contribution in [0.1, 0.15) is 33.9 Å². The van der Waals surface area contributed by atoms with E-state index in [4.69, 9.17) is 21.1 Å². The fourth-order valence-corrected chi connectivity index (χ4v) is 4.55. The van der Waals surface area contributed by atoms with Gasteiger partial charge in [-0.3, -0.25) is 0 Å². The van der Waals surface area contributed by atoms with E-state index in [2.05, 4.69) is 0 Å². The Hall–Kier alpha value is -2.00. The molecule has 5 atom stereocenters. The molecule has 4 N–H and O–H groups in total. The molecule has 31 heavy (non-hydrogen) atoms. The van der Waals surface area contributed by atoms with Gasteiger partial charge in [0.25, 0.3) is 0 Å². The molecule has 4 rings (SSSR count). The molecule has 2 heterocycles. The summed E-state index contributed by atoms with van der Waals surface area (Å²) >= 11 is 6.64. The first-order valence-corrected chi connectivity index (χ1v) is 10.6. The molecule has 2 aromatic carbocycles. The number of hydrogen-bond donors (Lipinski definition) is 4. The zero-order chi connectivity index (χ0) is 22.1. The lowest BCUT2D eigenvalue weighted by atomic mass is 9.87. The molecule has 1 fully saturated rings. The van der Waals surface area contributed by atoms with Crippen LogP contribution in [0.15, 0.2) is 30.3 Å². The van der Waals surface area contributed by atoms with Crippen molar-refractivity contribution in [3.8, 4) is 5.75 Å². The third-order valence-electron chi connectivity index (χ3n) is 5.97. The number of carbonyl (C=O) groups is 1. The number of aliphatic hydroxyl groups excluding tert-OH is 4. The van der Waals surface area contributed by atoms with Crippen LogP contribution >= 0.6 is 11.6 Å². The second-order valence-electron chi connectivity index (χ2n) is 7.96. The van der Waals surface area contributed by atoms with Gasteiger partial charge < -0.3 is 34.7 Å². The van der Waals surface area contributed by atoms with Crippen LogP contribution in [-0.4, -0.2) is 64.3 Å². The summed E-state index contributed by atoms with van der Waals surface area (Å²) in [5, 5.41) is 41.0. The van der Waals surface area contributed by atoms with E-state index in [1.807, 2.05) is 30.3 Å². The van der Waals surface area contributed by atoms with Crippen molar-refractivity contribution in [2.45, 2.75) is 49.8 Å². The predicted molar refractivity (Wildman–Crippen MR) is 112 cm³/mol. The number of fused-ring (bicyclic) bond motifs is 1. The molecule has 7 nitrogen and oxygen atoms in total. The molecule has 2 aliphatic heterocycles. The van der Waals surface area contributed by atoms with Crippen LogP contribution in [0.5, 0.6) is 5.75 Å². The second-order valence-corrected chi connectivity index (χ2v) is 8.34. The van der Waals surface area contributed by atoms with E-state index in [9.17, 15) is 25.2 Å². The lowest BCUT2D eigenvalue weighted by Crippen LogP contribution is -2.55. The highest BCUT2D eigenvalue weighted by Gasteiger charge is 2.45. The molecule has 0 aromatic heterocycles. The van der Waals surface area contributed by atoms with Crippen LogP contribution in [0.4, 0.5) is 0 Å². The van der Waals surface area contributed by atoms with Crippen molar-refractivity contribution in [1.82, 2.24) is 0 Å². The minimum Gasteiger partial charge on any atom is -0.491 e. The topological polar surface area (TPSA) is 116 Å². The zero-order valence-corrected chi connectivity index (χ0v) is 17.5. The van der Waals surface area contributed by atoms with Crippen LogP contribution in [-0.2, 0) is 28.8 Å². The lowest BCUT2D eigenvalue weighted by Gasteiger charge is -2.40. The van der Waals surface area contributed by atoms with Crippen molar-refractivity contribution in [2.75, 3.05) is 13.2 Å². The van der Waals surface area contributed by atoms with Gasteiger partial charge >= 0.3 is 0 Å². The van der Waals surface area contributed by atoms with Crippen LogP contribution in [0.3, 0.4) is 0 Å². The van der Waals surface area contributed by atoms with Gasteiger partial charge in [0, 0.05) is 18.4 Å². The Bertz CT molecular complexity index is 944. The molecule has 8 heteroatoms. The molecule has 2 aliphatic rings. The summed E-state index contributed by atoms with van der Waals surface area (Å²) in [5.41, 5.74) is 4.08. The Balaban J connectivity index is 1.70.